The van der Waals surface area contributed by atoms with Crippen molar-refractivity contribution in [2.75, 3.05) is 24.5 Å². The van der Waals surface area contributed by atoms with E-state index in [0.29, 0.717) is 0 Å². The maximum Gasteiger partial charge on any atom is 0.185 e. The minimum absolute atomic E-state index is 0.910. The van der Waals surface area contributed by atoms with E-state index in [1.807, 2.05) is 11.3 Å². The number of anilines is 1. The van der Waals surface area contributed by atoms with Crippen LogP contribution in [0.25, 0.3) is 0 Å². The highest BCUT2D eigenvalue weighted by atomic mass is 32.1. The summed E-state index contributed by atoms with van der Waals surface area (Å²) >= 11 is 1.82. The first-order valence-corrected chi connectivity index (χ1v) is 8.65. The molecule has 2 aliphatic rings. The summed E-state index contributed by atoms with van der Waals surface area (Å²) in [5.41, 5.74) is 1.20. The van der Waals surface area contributed by atoms with Crippen molar-refractivity contribution in [2.24, 2.45) is 11.8 Å². The summed E-state index contributed by atoms with van der Waals surface area (Å²) in [4.78, 5) is 7.33. The Kier molecular flexibility index (Phi) is 4.38. The molecule has 0 aromatic carbocycles. The van der Waals surface area contributed by atoms with Gasteiger partial charge in [-0.3, -0.25) is 0 Å². The van der Waals surface area contributed by atoms with Gasteiger partial charge in [-0.2, -0.15) is 0 Å². The van der Waals surface area contributed by atoms with E-state index in [1.54, 1.807) is 0 Å². The van der Waals surface area contributed by atoms with E-state index in [4.69, 9.17) is 4.98 Å². The zero-order valence-electron chi connectivity index (χ0n) is 11.9. The molecular weight excluding hydrogens is 254 g/mol. The lowest BCUT2D eigenvalue weighted by Gasteiger charge is -2.41. The van der Waals surface area contributed by atoms with Crippen LogP contribution in [0.15, 0.2) is 5.38 Å². The van der Waals surface area contributed by atoms with Gasteiger partial charge in [0.25, 0.3) is 0 Å². The fourth-order valence-electron chi connectivity index (χ4n) is 3.55. The van der Waals surface area contributed by atoms with Crippen LogP contribution in [0.4, 0.5) is 5.13 Å². The van der Waals surface area contributed by atoms with Gasteiger partial charge in [-0.1, -0.05) is 26.2 Å². The van der Waals surface area contributed by atoms with E-state index in [-0.39, 0.29) is 0 Å². The number of fused-ring (bicyclic) bond motifs is 1. The Labute approximate surface area is 120 Å². The Hall–Kier alpha value is -0.610. The molecule has 2 unspecified atom stereocenters. The summed E-state index contributed by atoms with van der Waals surface area (Å²) in [5.74, 6) is 1.94. The highest BCUT2D eigenvalue weighted by molar-refractivity contribution is 7.13. The quantitative estimate of drug-likeness (QED) is 0.917. The van der Waals surface area contributed by atoms with Crippen molar-refractivity contribution in [2.45, 2.75) is 45.6 Å². The number of nitrogens with one attached hydrogen (secondary N) is 1. The maximum absolute atomic E-state index is 4.79. The number of nitrogens with zero attached hydrogens (tertiary/aromatic N) is 2. The highest BCUT2D eigenvalue weighted by Gasteiger charge is 2.31. The SMILES string of the molecule is CCNCc1csc(N2CCC3CCCCC3C2)n1. The molecule has 1 saturated carbocycles. The summed E-state index contributed by atoms with van der Waals surface area (Å²) in [5, 5.41) is 6.81. The first-order valence-electron chi connectivity index (χ1n) is 7.77. The Balaban J connectivity index is 1.61. The zero-order valence-corrected chi connectivity index (χ0v) is 12.7. The molecule has 106 valence electrons. The number of hydrogen-bond acceptors (Lipinski definition) is 4. The third-order valence-corrected chi connectivity index (χ3v) is 5.61. The predicted octanol–water partition coefficient (Wildman–Crippen LogP) is 3.27. The summed E-state index contributed by atoms with van der Waals surface area (Å²) in [6.45, 7) is 6.53. The molecule has 0 radical (unpaired) electrons. The Morgan fingerprint density at radius 2 is 2.16 bits per heavy atom. The fraction of sp³-hybridized carbons (Fsp3) is 0.800. The van der Waals surface area contributed by atoms with Crippen molar-refractivity contribution in [3.63, 3.8) is 0 Å². The van der Waals surface area contributed by atoms with Crippen molar-refractivity contribution >= 4 is 16.5 Å². The molecule has 3 nitrogen and oxygen atoms in total. The predicted molar refractivity (Wildman–Crippen MR) is 81.8 cm³/mol. The van der Waals surface area contributed by atoms with Gasteiger partial charge in [-0.25, -0.2) is 4.98 Å². The maximum atomic E-state index is 4.79. The van der Waals surface area contributed by atoms with Crippen LogP contribution in [0.1, 0.15) is 44.7 Å². The third-order valence-electron chi connectivity index (χ3n) is 4.66. The minimum atomic E-state index is 0.910. The molecule has 2 fully saturated rings. The fourth-order valence-corrected chi connectivity index (χ4v) is 4.41. The molecule has 2 heterocycles. The Morgan fingerprint density at radius 1 is 1.32 bits per heavy atom. The molecule has 2 atom stereocenters. The largest absolute Gasteiger partial charge is 0.348 e. The van der Waals surface area contributed by atoms with Crippen LogP contribution in [0.5, 0.6) is 0 Å². The Bertz CT molecular complexity index is 404. The van der Waals surface area contributed by atoms with Gasteiger partial charge in [0.15, 0.2) is 5.13 Å². The highest BCUT2D eigenvalue weighted by Crippen LogP contribution is 2.38. The molecule has 4 heteroatoms. The number of thiazole rings is 1. The Morgan fingerprint density at radius 3 is 3.00 bits per heavy atom. The van der Waals surface area contributed by atoms with E-state index in [0.717, 1.165) is 24.9 Å². The summed E-state index contributed by atoms with van der Waals surface area (Å²) in [7, 11) is 0. The molecule has 1 saturated heterocycles. The lowest BCUT2D eigenvalue weighted by atomic mass is 9.75. The van der Waals surface area contributed by atoms with Gasteiger partial charge in [-0.15, -0.1) is 11.3 Å². The lowest BCUT2D eigenvalue weighted by molar-refractivity contribution is 0.202. The first-order chi connectivity index (χ1) is 9.36. The van der Waals surface area contributed by atoms with Crippen molar-refractivity contribution in [1.29, 1.82) is 0 Å². The second-order valence-corrected chi connectivity index (χ2v) is 6.78. The van der Waals surface area contributed by atoms with Crippen LogP contribution in [0.2, 0.25) is 0 Å². The van der Waals surface area contributed by atoms with Crippen molar-refractivity contribution in [3.8, 4) is 0 Å². The van der Waals surface area contributed by atoms with Crippen LogP contribution in [-0.4, -0.2) is 24.6 Å². The molecule has 0 bridgehead atoms. The van der Waals surface area contributed by atoms with E-state index in [1.165, 1.54) is 56.0 Å². The molecule has 19 heavy (non-hydrogen) atoms. The topological polar surface area (TPSA) is 28.2 Å². The van der Waals surface area contributed by atoms with Crippen molar-refractivity contribution in [3.05, 3.63) is 11.1 Å². The van der Waals surface area contributed by atoms with Gasteiger partial charge in [0.1, 0.15) is 0 Å². The standard InChI is InChI=1S/C15H25N3S/c1-2-16-9-14-11-19-15(17-14)18-8-7-12-5-3-4-6-13(12)10-18/h11-13,16H,2-10H2,1H3. The normalized spacial score (nSPS) is 27.3. The molecule has 1 aromatic rings. The van der Waals surface area contributed by atoms with E-state index >= 15 is 0 Å². The van der Waals surface area contributed by atoms with E-state index < -0.39 is 0 Å². The van der Waals surface area contributed by atoms with E-state index in [2.05, 4.69) is 22.5 Å². The summed E-state index contributed by atoms with van der Waals surface area (Å²) in [6.07, 6.45) is 7.20. The van der Waals surface area contributed by atoms with Gasteiger partial charge in [-0.05, 0) is 31.2 Å². The van der Waals surface area contributed by atoms with Crippen LogP contribution in [0.3, 0.4) is 0 Å². The van der Waals surface area contributed by atoms with Gasteiger partial charge < -0.3 is 10.2 Å². The molecule has 1 aliphatic heterocycles. The first kappa shape index (κ1) is 13.4. The number of hydrogen-bond donors (Lipinski definition) is 1. The molecular formula is C15H25N3S. The lowest BCUT2D eigenvalue weighted by Crippen LogP contribution is -2.41. The van der Waals surface area contributed by atoms with Gasteiger partial charge in [0.2, 0.25) is 0 Å². The molecule has 3 rings (SSSR count). The zero-order chi connectivity index (χ0) is 13.1. The van der Waals surface area contributed by atoms with E-state index in [9.17, 15) is 0 Å². The van der Waals surface area contributed by atoms with Crippen LogP contribution in [-0.2, 0) is 6.54 Å². The van der Waals surface area contributed by atoms with Crippen molar-refractivity contribution in [1.82, 2.24) is 10.3 Å². The van der Waals surface area contributed by atoms with Gasteiger partial charge in [0, 0.05) is 25.0 Å². The molecule has 0 amide bonds. The number of aromatic nitrogens is 1. The van der Waals surface area contributed by atoms with Crippen LogP contribution in [0, 0.1) is 11.8 Å². The van der Waals surface area contributed by atoms with Crippen LogP contribution < -0.4 is 10.2 Å². The number of piperidine rings is 1. The molecule has 1 aromatic heterocycles. The third kappa shape index (κ3) is 3.11. The van der Waals surface area contributed by atoms with Crippen LogP contribution >= 0.6 is 11.3 Å². The summed E-state index contributed by atoms with van der Waals surface area (Å²) in [6, 6.07) is 0. The smallest absolute Gasteiger partial charge is 0.185 e. The second kappa shape index (κ2) is 6.23. The molecule has 1 aliphatic carbocycles. The molecule has 1 N–H and O–H groups in total. The average molecular weight is 279 g/mol. The summed E-state index contributed by atoms with van der Waals surface area (Å²) < 4.78 is 0. The van der Waals surface area contributed by atoms with Gasteiger partial charge >= 0.3 is 0 Å². The average Bonchev–Trinajstić information content (AvgIpc) is 2.93. The monoisotopic (exact) mass is 279 g/mol. The molecule has 0 spiro atoms. The van der Waals surface area contributed by atoms with Gasteiger partial charge in [0.05, 0.1) is 5.69 Å². The number of rotatable bonds is 4. The van der Waals surface area contributed by atoms with Crippen molar-refractivity contribution < 1.29 is 0 Å². The minimum Gasteiger partial charge on any atom is -0.348 e. The second-order valence-electron chi connectivity index (χ2n) is 5.94.